The Bertz CT molecular complexity index is 660. The molecule has 7 heteroatoms. The Morgan fingerprint density at radius 1 is 1.20 bits per heavy atom. The van der Waals surface area contributed by atoms with E-state index in [9.17, 15) is 13.2 Å². The van der Waals surface area contributed by atoms with Crippen molar-refractivity contribution in [2.75, 3.05) is 5.73 Å². The Morgan fingerprint density at radius 3 is 2.45 bits per heavy atom. The van der Waals surface area contributed by atoms with Gasteiger partial charge in [-0.05, 0) is 30.3 Å². The highest BCUT2D eigenvalue weighted by molar-refractivity contribution is 7.99. The molecule has 0 radical (unpaired) electrons. The minimum Gasteiger partial charge on any atom is -0.398 e. The Kier molecular flexibility index (Phi) is 3.86. The van der Waals surface area contributed by atoms with Crippen molar-refractivity contribution in [1.29, 1.82) is 5.26 Å². The van der Waals surface area contributed by atoms with Gasteiger partial charge in [0, 0.05) is 11.1 Å². The van der Waals surface area contributed by atoms with Gasteiger partial charge in [-0.3, -0.25) is 0 Å². The zero-order chi connectivity index (χ0) is 14.8. The maximum Gasteiger partial charge on any atom is 0.417 e. The third kappa shape index (κ3) is 3.22. The van der Waals surface area contributed by atoms with E-state index in [1.807, 2.05) is 6.07 Å². The van der Waals surface area contributed by atoms with Gasteiger partial charge in [-0.2, -0.15) is 18.4 Å². The molecule has 0 aliphatic carbocycles. The van der Waals surface area contributed by atoms with Gasteiger partial charge in [-0.25, -0.2) is 4.98 Å². The molecule has 20 heavy (non-hydrogen) atoms. The Morgan fingerprint density at radius 2 is 1.95 bits per heavy atom. The number of nitrogen functional groups attached to an aromatic ring is 1. The number of anilines is 1. The van der Waals surface area contributed by atoms with Crippen molar-refractivity contribution in [3.63, 3.8) is 0 Å². The van der Waals surface area contributed by atoms with Gasteiger partial charge < -0.3 is 5.73 Å². The molecular weight excluding hydrogens is 287 g/mol. The molecule has 0 aliphatic rings. The standard InChI is InChI=1S/C13H8F3N3S/c14-13(15,16)9-2-4-12(19-7-9)20-10-3-1-8(6-17)11(18)5-10/h1-5,7H,18H2. The maximum atomic E-state index is 12.4. The third-order valence-corrected chi connectivity index (χ3v) is 3.37. The highest BCUT2D eigenvalue weighted by Gasteiger charge is 2.30. The summed E-state index contributed by atoms with van der Waals surface area (Å²) in [6, 6.07) is 9.01. The minimum atomic E-state index is -4.39. The number of halogens is 3. The van der Waals surface area contributed by atoms with E-state index in [-0.39, 0.29) is 0 Å². The van der Waals surface area contributed by atoms with E-state index in [2.05, 4.69) is 4.98 Å². The second-order valence-corrected chi connectivity index (χ2v) is 4.94. The average molecular weight is 295 g/mol. The van der Waals surface area contributed by atoms with Crippen molar-refractivity contribution < 1.29 is 13.2 Å². The summed E-state index contributed by atoms with van der Waals surface area (Å²) in [4.78, 5) is 4.45. The van der Waals surface area contributed by atoms with Gasteiger partial charge in [0.15, 0.2) is 0 Å². The number of rotatable bonds is 2. The van der Waals surface area contributed by atoms with Gasteiger partial charge in [-0.15, -0.1) is 0 Å². The summed E-state index contributed by atoms with van der Waals surface area (Å²) in [6.45, 7) is 0. The maximum absolute atomic E-state index is 12.4. The number of hydrogen-bond acceptors (Lipinski definition) is 4. The first-order valence-electron chi connectivity index (χ1n) is 5.41. The number of benzene rings is 1. The van der Waals surface area contributed by atoms with Crippen molar-refractivity contribution in [3.8, 4) is 6.07 Å². The molecule has 0 amide bonds. The van der Waals surface area contributed by atoms with Crippen LogP contribution in [0.3, 0.4) is 0 Å². The molecule has 2 N–H and O–H groups in total. The second-order valence-electron chi connectivity index (χ2n) is 3.85. The highest BCUT2D eigenvalue weighted by Crippen LogP contribution is 2.32. The number of nitrogens with zero attached hydrogens (tertiary/aromatic N) is 2. The monoisotopic (exact) mass is 295 g/mol. The number of nitriles is 1. The average Bonchev–Trinajstić information content (AvgIpc) is 2.38. The van der Waals surface area contributed by atoms with Gasteiger partial charge in [0.25, 0.3) is 0 Å². The Balaban J connectivity index is 2.19. The van der Waals surface area contributed by atoms with Gasteiger partial charge in [0.1, 0.15) is 11.1 Å². The molecule has 0 aliphatic heterocycles. The summed E-state index contributed by atoms with van der Waals surface area (Å²) in [6.07, 6.45) is -3.61. The number of nitrogens with two attached hydrogens (primary N) is 1. The molecule has 0 bridgehead atoms. The van der Waals surface area contributed by atoms with E-state index < -0.39 is 11.7 Å². The largest absolute Gasteiger partial charge is 0.417 e. The van der Waals surface area contributed by atoms with Crippen molar-refractivity contribution in [2.24, 2.45) is 0 Å². The van der Waals surface area contributed by atoms with Gasteiger partial charge in [0.2, 0.25) is 0 Å². The number of alkyl halides is 3. The van der Waals surface area contributed by atoms with Crippen LogP contribution < -0.4 is 5.73 Å². The molecule has 0 atom stereocenters. The van der Waals surface area contributed by atoms with Crippen LogP contribution in [0.1, 0.15) is 11.1 Å². The lowest BCUT2D eigenvalue weighted by Crippen LogP contribution is -2.05. The van der Waals surface area contributed by atoms with E-state index in [0.29, 0.717) is 21.2 Å². The van der Waals surface area contributed by atoms with Crippen molar-refractivity contribution in [1.82, 2.24) is 4.98 Å². The lowest BCUT2D eigenvalue weighted by atomic mass is 10.2. The summed E-state index contributed by atoms with van der Waals surface area (Å²) in [5.74, 6) is 0. The summed E-state index contributed by atoms with van der Waals surface area (Å²) >= 11 is 1.17. The van der Waals surface area contributed by atoms with Crippen LogP contribution in [0.25, 0.3) is 0 Å². The minimum absolute atomic E-state index is 0.324. The fraction of sp³-hybridized carbons (Fsp3) is 0.0769. The number of hydrogen-bond donors (Lipinski definition) is 1. The van der Waals surface area contributed by atoms with Gasteiger partial charge >= 0.3 is 6.18 Å². The van der Waals surface area contributed by atoms with Crippen LogP contribution in [0.2, 0.25) is 0 Å². The lowest BCUT2D eigenvalue weighted by molar-refractivity contribution is -0.137. The SMILES string of the molecule is N#Cc1ccc(Sc2ccc(C(F)(F)F)cn2)cc1N. The lowest BCUT2D eigenvalue weighted by Gasteiger charge is -2.07. The first kappa shape index (κ1) is 14.2. The summed E-state index contributed by atoms with van der Waals surface area (Å²) in [5, 5.41) is 9.17. The zero-order valence-electron chi connectivity index (χ0n) is 9.98. The van der Waals surface area contributed by atoms with Gasteiger partial charge in [-0.1, -0.05) is 11.8 Å². The van der Waals surface area contributed by atoms with Crippen LogP contribution in [0.5, 0.6) is 0 Å². The van der Waals surface area contributed by atoms with Crippen LogP contribution in [0.15, 0.2) is 46.5 Å². The van der Waals surface area contributed by atoms with E-state index in [0.717, 1.165) is 12.3 Å². The molecular formula is C13H8F3N3S. The van der Waals surface area contributed by atoms with Gasteiger partial charge in [0.05, 0.1) is 16.8 Å². The molecule has 0 unspecified atom stereocenters. The topological polar surface area (TPSA) is 62.7 Å². The van der Waals surface area contributed by atoms with Crippen LogP contribution in [0, 0.1) is 11.3 Å². The Labute approximate surface area is 117 Å². The predicted octanol–water partition coefficient (Wildman–Crippen LogP) is 3.71. The fourth-order valence-corrected chi connectivity index (χ4v) is 2.24. The summed E-state index contributed by atoms with van der Waals surface area (Å²) in [7, 11) is 0. The van der Waals surface area contributed by atoms with E-state index >= 15 is 0 Å². The molecule has 0 saturated carbocycles. The third-order valence-electron chi connectivity index (χ3n) is 2.43. The fourth-order valence-electron chi connectivity index (χ4n) is 1.44. The van der Waals surface area contributed by atoms with Crippen LogP contribution in [0.4, 0.5) is 18.9 Å². The molecule has 102 valence electrons. The molecule has 1 aromatic carbocycles. The highest BCUT2D eigenvalue weighted by atomic mass is 32.2. The van der Waals surface area contributed by atoms with E-state index in [4.69, 9.17) is 11.0 Å². The molecule has 0 fully saturated rings. The molecule has 2 rings (SSSR count). The van der Waals surface area contributed by atoms with Crippen LogP contribution >= 0.6 is 11.8 Å². The second kappa shape index (κ2) is 5.43. The molecule has 2 aromatic rings. The predicted molar refractivity (Wildman–Crippen MR) is 68.9 cm³/mol. The molecule has 1 heterocycles. The van der Waals surface area contributed by atoms with Crippen molar-refractivity contribution >= 4 is 17.4 Å². The quantitative estimate of drug-likeness (QED) is 0.858. The molecule has 3 nitrogen and oxygen atoms in total. The summed E-state index contributed by atoms with van der Waals surface area (Å²) < 4.78 is 37.2. The first-order chi connectivity index (χ1) is 9.40. The zero-order valence-corrected chi connectivity index (χ0v) is 10.8. The normalized spacial score (nSPS) is 11.1. The molecule has 1 aromatic heterocycles. The molecule has 0 spiro atoms. The smallest absolute Gasteiger partial charge is 0.398 e. The van der Waals surface area contributed by atoms with E-state index in [1.165, 1.54) is 17.8 Å². The van der Waals surface area contributed by atoms with Crippen LogP contribution in [-0.2, 0) is 6.18 Å². The van der Waals surface area contributed by atoms with Crippen molar-refractivity contribution in [3.05, 3.63) is 47.7 Å². The van der Waals surface area contributed by atoms with E-state index in [1.54, 1.807) is 18.2 Å². The van der Waals surface area contributed by atoms with Crippen molar-refractivity contribution in [2.45, 2.75) is 16.1 Å². The first-order valence-corrected chi connectivity index (χ1v) is 6.22. The number of aromatic nitrogens is 1. The summed E-state index contributed by atoms with van der Waals surface area (Å²) in [5.41, 5.74) is 5.55. The van der Waals surface area contributed by atoms with Crippen LogP contribution in [-0.4, -0.2) is 4.98 Å². The number of pyridine rings is 1. The Hall–Kier alpha value is -2.20. The molecule has 0 saturated heterocycles.